The lowest BCUT2D eigenvalue weighted by molar-refractivity contribution is 0.674. The highest BCUT2D eigenvalue weighted by atomic mass is 79.9. The van der Waals surface area contributed by atoms with Gasteiger partial charge in [0.15, 0.2) is 0 Å². The molecule has 0 atom stereocenters. The fourth-order valence-electron chi connectivity index (χ4n) is 1.41. The monoisotopic (exact) mass is 300 g/mol. The Balaban J connectivity index is 2.61. The van der Waals surface area contributed by atoms with E-state index in [0.717, 1.165) is 13.2 Å². The van der Waals surface area contributed by atoms with E-state index in [2.05, 4.69) is 20.9 Å². The van der Waals surface area contributed by atoms with Gasteiger partial charge in [0.05, 0.1) is 14.4 Å². The summed E-state index contributed by atoms with van der Waals surface area (Å²) in [5.41, 5.74) is -0.0734. The first kappa shape index (κ1) is 11.3. The molecule has 0 aromatic carbocycles. The van der Waals surface area contributed by atoms with Crippen LogP contribution in [0, 0.1) is 0 Å². The summed E-state index contributed by atoms with van der Waals surface area (Å²) in [6, 6.07) is 5.18. The van der Waals surface area contributed by atoms with E-state index in [1.54, 1.807) is 6.92 Å². The Morgan fingerprint density at radius 1 is 1.44 bits per heavy atom. The van der Waals surface area contributed by atoms with E-state index in [-0.39, 0.29) is 11.2 Å². The average Bonchev–Trinajstić information content (AvgIpc) is 2.64. The number of hydrogen-bond donors (Lipinski definition) is 1. The molecule has 0 saturated heterocycles. The van der Waals surface area contributed by atoms with Crippen molar-refractivity contribution in [1.82, 2.24) is 9.55 Å². The first-order valence-electron chi connectivity index (χ1n) is 4.71. The third kappa shape index (κ3) is 2.03. The van der Waals surface area contributed by atoms with Gasteiger partial charge in [0.2, 0.25) is 0 Å². The normalized spacial score (nSPS) is 10.6. The molecular weight excluding hydrogens is 292 g/mol. The van der Waals surface area contributed by atoms with Gasteiger partial charge >= 0.3 is 5.69 Å². The molecule has 16 heavy (non-hydrogen) atoms. The van der Waals surface area contributed by atoms with Crippen LogP contribution in [0.5, 0.6) is 0 Å². The Morgan fingerprint density at radius 3 is 2.69 bits per heavy atom. The van der Waals surface area contributed by atoms with Crippen molar-refractivity contribution in [2.24, 2.45) is 0 Å². The highest BCUT2D eigenvalue weighted by molar-refractivity contribution is 9.11. The molecule has 0 bridgehead atoms. The first-order valence-corrected chi connectivity index (χ1v) is 6.32. The second-order valence-corrected chi connectivity index (χ2v) is 5.64. The Bertz CT molecular complexity index is 595. The number of nitrogens with zero attached hydrogens (tertiary/aromatic N) is 1. The van der Waals surface area contributed by atoms with Gasteiger partial charge in [0, 0.05) is 12.6 Å². The summed E-state index contributed by atoms with van der Waals surface area (Å²) in [5, 5.41) is 0. The van der Waals surface area contributed by atoms with Crippen molar-refractivity contribution in [1.29, 1.82) is 0 Å². The smallest absolute Gasteiger partial charge is 0.306 e. The lowest BCUT2D eigenvalue weighted by atomic mass is 10.3. The van der Waals surface area contributed by atoms with Crippen molar-refractivity contribution in [3.05, 3.63) is 42.8 Å². The summed E-state index contributed by atoms with van der Waals surface area (Å²) < 4.78 is 2.12. The molecule has 2 heterocycles. The van der Waals surface area contributed by atoms with Gasteiger partial charge in [-0.15, -0.1) is 11.3 Å². The lowest BCUT2D eigenvalue weighted by Gasteiger charge is -2.01. The quantitative estimate of drug-likeness (QED) is 0.923. The number of rotatable bonds is 2. The van der Waals surface area contributed by atoms with Crippen molar-refractivity contribution >= 4 is 27.3 Å². The maximum Gasteiger partial charge on any atom is 0.328 e. The molecule has 6 heteroatoms. The zero-order valence-corrected chi connectivity index (χ0v) is 10.9. The van der Waals surface area contributed by atoms with Crippen LogP contribution in [-0.2, 0) is 6.54 Å². The number of nitrogens with one attached hydrogen (secondary N) is 1. The van der Waals surface area contributed by atoms with Crippen molar-refractivity contribution in [2.75, 3.05) is 0 Å². The molecule has 2 aromatic rings. The molecule has 2 rings (SSSR count). The molecule has 2 aromatic heterocycles. The molecule has 0 fully saturated rings. The number of halogens is 1. The summed E-state index contributed by atoms with van der Waals surface area (Å²) in [5.74, 6) is 0. The van der Waals surface area contributed by atoms with Gasteiger partial charge in [-0.05, 0) is 35.0 Å². The molecule has 0 radical (unpaired) electrons. The van der Waals surface area contributed by atoms with E-state index in [1.807, 2.05) is 12.1 Å². The maximum atomic E-state index is 11.6. The average molecular weight is 301 g/mol. The minimum atomic E-state index is -0.366. The predicted molar refractivity (Wildman–Crippen MR) is 68.0 cm³/mol. The summed E-state index contributed by atoms with van der Waals surface area (Å²) >= 11 is 4.81. The van der Waals surface area contributed by atoms with Crippen molar-refractivity contribution in [3.8, 4) is 10.6 Å². The zero-order valence-electron chi connectivity index (χ0n) is 8.49. The Morgan fingerprint density at radius 2 is 2.19 bits per heavy atom. The van der Waals surface area contributed by atoms with Gasteiger partial charge in [-0.1, -0.05) is 0 Å². The second kappa shape index (κ2) is 4.39. The summed E-state index contributed by atoms with van der Waals surface area (Å²) in [6.07, 6.45) is 0. The molecule has 84 valence electrons. The van der Waals surface area contributed by atoms with Crippen LogP contribution in [0.1, 0.15) is 6.92 Å². The van der Waals surface area contributed by atoms with E-state index in [4.69, 9.17) is 0 Å². The first-order chi connectivity index (χ1) is 7.61. The largest absolute Gasteiger partial charge is 0.328 e. The number of aromatic nitrogens is 2. The molecule has 0 spiro atoms. The SMILES string of the molecule is CCn1c(=O)cc(-c2ccc(Br)s2)[nH]c1=O. The molecule has 0 aliphatic carbocycles. The van der Waals surface area contributed by atoms with Gasteiger partial charge in [-0.25, -0.2) is 4.79 Å². The van der Waals surface area contributed by atoms with Gasteiger partial charge in [0.1, 0.15) is 0 Å². The number of aromatic amines is 1. The standard InChI is InChI=1S/C10H9BrN2O2S/c1-2-13-9(14)5-6(12-10(13)15)7-3-4-8(11)16-7/h3-5H,2H2,1H3,(H,12,15). The number of hydrogen-bond acceptors (Lipinski definition) is 3. The number of H-pyrrole nitrogens is 1. The third-order valence-electron chi connectivity index (χ3n) is 2.18. The zero-order chi connectivity index (χ0) is 11.7. The van der Waals surface area contributed by atoms with Gasteiger partial charge in [-0.3, -0.25) is 9.36 Å². The van der Waals surface area contributed by atoms with Crippen LogP contribution in [0.15, 0.2) is 31.6 Å². The van der Waals surface area contributed by atoms with Gasteiger partial charge < -0.3 is 4.98 Å². The molecule has 0 aliphatic heterocycles. The van der Waals surface area contributed by atoms with Gasteiger partial charge in [-0.2, -0.15) is 0 Å². The molecule has 4 nitrogen and oxygen atoms in total. The maximum absolute atomic E-state index is 11.6. The molecular formula is C10H9BrN2O2S. The van der Waals surface area contributed by atoms with Gasteiger partial charge in [0.25, 0.3) is 5.56 Å². The fourth-order valence-corrected chi connectivity index (χ4v) is 2.77. The predicted octanol–water partition coefficient (Wildman–Crippen LogP) is 2.05. The van der Waals surface area contributed by atoms with E-state index in [0.29, 0.717) is 12.2 Å². The van der Waals surface area contributed by atoms with E-state index in [9.17, 15) is 9.59 Å². The summed E-state index contributed by atoms with van der Waals surface area (Å²) in [7, 11) is 0. The van der Waals surface area contributed by atoms with Crippen LogP contribution in [0.3, 0.4) is 0 Å². The van der Waals surface area contributed by atoms with Crippen LogP contribution >= 0.6 is 27.3 Å². The van der Waals surface area contributed by atoms with Crippen LogP contribution in [0.4, 0.5) is 0 Å². The highest BCUT2D eigenvalue weighted by Gasteiger charge is 2.06. The fraction of sp³-hybridized carbons (Fsp3) is 0.200. The lowest BCUT2D eigenvalue weighted by Crippen LogP contribution is -2.34. The van der Waals surface area contributed by atoms with Crippen LogP contribution in [0.25, 0.3) is 10.6 Å². The van der Waals surface area contributed by atoms with Crippen molar-refractivity contribution in [2.45, 2.75) is 13.5 Å². The summed E-state index contributed by atoms with van der Waals surface area (Å²) in [6.45, 7) is 2.14. The van der Waals surface area contributed by atoms with E-state index < -0.39 is 0 Å². The minimum Gasteiger partial charge on any atom is -0.306 e. The molecule has 1 N–H and O–H groups in total. The highest BCUT2D eigenvalue weighted by Crippen LogP contribution is 2.28. The Labute approximate surface area is 104 Å². The molecule has 0 amide bonds. The van der Waals surface area contributed by atoms with Crippen LogP contribution in [-0.4, -0.2) is 9.55 Å². The minimum absolute atomic E-state index is 0.272. The third-order valence-corrected chi connectivity index (χ3v) is 3.83. The van der Waals surface area contributed by atoms with Crippen molar-refractivity contribution in [3.63, 3.8) is 0 Å². The molecule has 0 aliphatic rings. The topological polar surface area (TPSA) is 54.9 Å². The molecule has 0 saturated carbocycles. The van der Waals surface area contributed by atoms with Crippen LogP contribution < -0.4 is 11.2 Å². The van der Waals surface area contributed by atoms with Crippen LogP contribution in [0.2, 0.25) is 0 Å². The van der Waals surface area contributed by atoms with Crippen molar-refractivity contribution < 1.29 is 0 Å². The number of thiophene rings is 1. The molecule has 0 unspecified atom stereocenters. The second-order valence-electron chi connectivity index (χ2n) is 3.17. The van der Waals surface area contributed by atoms with E-state index >= 15 is 0 Å². The van der Waals surface area contributed by atoms with E-state index in [1.165, 1.54) is 17.4 Å². The Kier molecular flexibility index (Phi) is 3.11. The summed E-state index contributed by atoms with van der Waals surface area (Å²) in [4.78, 5) is 26.7. The Hall–Kier alpha value is -1.14.